The fourth-order valence-corrected chi connectivity index (χ4v) is 1.48. The van der Waals surface area contributed by atoms with E-state index >= 15 is 0 Å². The van der Waals surface area contributed by atoms with Gasteiger partial charge in [-0.15, -0.1) is 0 Å². The Morgan fingerprint density at radius 1 is 1.22 bits per heavy atom. The third kappa shape index (κ3) is 2.58. The summed E-state index contributed by atoms with van der Waals surface area (Å²) in [4.78, 5) is 7.95. The van der Waals surface area contributed by atoms with Crippen LogP contribution in [0, 0.1) is 0 Å². The van der Waals surface area contributed by atoms with E-state index in [0.29, 0.717) is 5.56 Å². The molecule has 18 heavy (non-hydrogen) atoms. The maximum absolute atomic E-state index is 12.7. The van der Waals surface area contributed by atoms with E-state index in [0.717, 1.165) is 12.1 Å². The highest BCUT2D eigenvalue weighted by molar-refractivity contribution is 5.61. The average Bonchev–Trinajstić information content (AvgIpc) is 2.38. The van der Waals surface area contributed by atoms with E-state index in [2.05, 4.69) is 15.3 Å². The van der Waals surface area contributed by atoms with Crippen molar-refractivity contribution in [3.8, 4) is 11.3 Å². The summed E-state index contributed by atoms with van der Waals surface area (Å²) >= 11 is 0. The van der Waals surface area contributed by atoms with Gasteiger partial charge in [0.05, 0.1) is 11.3 Å². The van der Waals surface area contributed by atoms with Crippen LogP contribution in [0.25, 0.3) is 11.3 Å². The second kappa shape index (κ2) is 4.64. The van der Waals surface area contributed by atoms with E-state index in [9.17, 15) is 13.2 Å². The minimum atomic E-state index is -4.40. The molecule has 0 aliphatic carbocycles. The van der Waals surface area contributed by atoms with E-state index < -0.39 is 11.7 Å². The summed E-state index contributed by atoms with van der Waals surface area (Å²) in [6, 6.07) is 5.29. The molecule has 0 atom stereocenters. The number of aromatic nitrogens is 2. The lowest BCUT2D eigenvalue weighted by atomic mass is 10.1. The molecule has 0 aliphatic rings. The fourth-order valence-electron chi connectivity index (χ4n) is 1.48. The standard InChI is InChI=1S/C12H10F3N3/c1-16-11-6-9(12(13,14)15)5-10(18-11)8-3-2-4-17-7-8/h2-7H,1H3,(H,16,18). The Kier molecular flexibility index (Phi) is 3.18. The zero-order valence-electron chi connectivity index (χ0n) is 9.49. The zero-order chi connectivity index (χ0) is 13.2. The second-order valence-corrected chi connectivity index (χ2v) is 3.62. The third-order valence-electron chi connectivity index (χ3n) is 2.37. The predicted octanol–water partition coefficient (Wildman–Crippen LogP) is 3.20. The summed E-state index contributed by atoms with van der Waals surface area (Å²) in [5.74, 6) is 0.170. The van der Waals surface area contributed by atoms with Crippen molar-refractivity contribution >= 4 is 5.82 Å². The van der Waals surface area contributed by atoms with Crippen molar-refractivity contribution in [1.82, 2.24) is 9.97 Å². The normalized spacial score (nSPS) is 11.3. The monoisotopic (exact) mass is 253 g/mol. The summed E-state index contributed by atoms with van der Waals surface area (Å²) in [7, 11) is 1.52. The number of nitrogens with zero attached hydrogens (tertiary/aromatic N) is 2. The molecule has 2 heterocycles. The molecular weight excluding hydrogens is 243 g/mol. The Morgan fingerprint density at radius 2 is 2.00 bits per heavy atom. The molecule has 0 amide bonds. The van der Waals surface area contributed by atoms with Crippen molar-refractivity contribution < 1.29 is 13.2 Å². The Morgan fingerprint density at radius 3 is 2.56 bits per heavy atom. The smallest absolute Gasteiger partial charge is 0.373 e. The van der Waals surface area contributed by atoms with Crippen LogP contribution in [0.15, 0.2) is 36.7 Å². The van der Waals surface area contributed by atoms with E-state index in [1.807, 2.05) is 0 Å². The lowest BCUT2D eigenvalue weighted by molar-refractivity contribution is -0.137. The van der Waals surface area contributed by atoms with Crippen LogP contribution >= 0.6 is 0 Å². The van der Waals surface area contributed by atoms with Gasteiger partial charge in [-0.1, -0.05) is 0 Å². The molecule has 94 valence electrons. The molecule has 0 spiro atoms. The quantitative estimate of drug-likeness (QED) is 0.893. The largest absolute Gasteiger partial charge is 0.416 e. The molecule has 6 heteroatoms. The summed E-state index contributed by atoms with van der Waals surface area (Å²) in [6.45, 7) is 0. The fraction of sp³-hybridized carbons (Fsp3) is 0.167. The first kappa shape index (κ1) is 12.3. The number of alkyl halides is 3. The molecule has 0 radical (unpaired) electrons. The zero-order valence-corrected chi connectivity index (χ0v) is 9.49. The molecule has 2 aromatic heterocycles. The van der Waals surface area contributed by atoms with E-state index in [4.69, 9.17) is 0 Å². The van der Waals surface area contributed by atoms with Crippen LogP contribution < -0.4 is 5.32 Å². The first-order valence-corrected chi connectivity index (χ1v) is 5.18. The molecule has 0 saturated carbocycles. The van der Waals surface area contributed by atoms with Gasteiger partial charge in [-0.25, -0.2) is 4.98 Å². The van der Waals surface area contributed by atoms with Gasteiger partial charge in [0.1, 0.15) is 5.82 Å². The number of hydrogen-bond donors (Lipinski definition) is 1. The molecule has 1 N–H and O–H groups in total. The Hall–Kier alpha value is -2.11. The number of nitrogens with one attached hydrogen (secondary N) is 1. The van der Waals surface area contributed by atoms with Gasteiger partial charge >= 0.3 is 6.18 Å². The number of hydrogen-bond acceptors (Lipinski definition) is 3. The average molecular weight is 253 g/mol. The Balaban J connectivity index is 2.55. The lowest BCUT2D eigenvalue weighted by Crippen LogP contribution is -2.07. The first-order chi connectivity index (χ1) is 8.50. The molecule has 0 bridgehead atoms. The van der Waals surface area contributed by atoms with E-state index in [1.165, 1.54) is 13.2 Å². The van der Waals surface area contributed by atoms with Crippen molar-refractivity contribution in [1.29, 1.82) is 0 Å². The first-order valence-electron chi connectivity index (χ1n) is 5.18. The second-order valence-electron chi connectivity index (χ2n) is 3.62. The SMILES string of the molecule is CNc1cc(C(F)(F)F)cc(-c2cccnc2)n1. The van der Waals surface area contributed by atoms with Gasteiger partial charge in [0.25, 0.3) is 0 Å². The summed E-state index contributed by atoms with van der Waals surface area (Å²) in [6.07, 6.45) is -1.37. The van der Waals surface area contributed by atoms with Crippen LogP contribution in [0.5, 0.6) is 0 Å². The Bertz CT molecular complexity index is 538. The van der Waals surface area contributed by atoms with Crippen molar-refractivity contribution in [2.45, 2.75) is 6.18 Å². The number of halogens is 3. The molecule has 3 nitrogen and oxygen atoms in total. The van der Waals surface area contributed by atoms with Crippen molar-refractivity contribution in [2.24, 2.45) is 0 Å². The topological polar surface area (TPSA) is 37.8 Å². The minimum Gasteiger partial charge on any atom is -0.373 e. The molecule has 2 rings (SSSR count). The van der Waals surface area contributed by atoms with E-state index in [-0.39, 0.29) is 11.5 Å². The van der Waals surface area contributed by atoms with Gasteiger partial charge in [0.15, 0.2) is 0 Å². The van der Waals surface area contributed by atoms with Crippen LogP contribution in [0.4, 0.5) is 19.0 Å². The highest BCUT2D eigenvalue weighted by Gasteiger charge is 2.31. The van der Waals surface area contributed by atoms with Gasteiger partial charge in [-0.3, -0.25) is 4.98 Å². The molecule has 0 aromatic carbocycles. The third-order valence-corrected chi connectivity index (χ3v) is 2.37. The highest BCUT2D eigenvalue weighted by Crippen LogP contribution is 2.32. The lowest BCUT2D eigenvalue weighted by Gasteiger charge is -2.11. The van der Waals surface area contributed by atoms with Gasteiger partial charge in [-0.05, 0) is 24.3 Å². The van der Waals surface area contributed by atoms with Gasteiger partial charge < -0.3 is 5.32 Å². The van der Waals surface area contributed by atoms with Gasteiger partial charge in [-0.2, -0.15) is 13.2 Å². The summed E-state index contributed by atoms with van der Waals surface area (Å²) < 4.78 is 38.2. The van der Waals surface area contributed by atoms with Crippen LogP contribution in [0.1, 0.15) is 5.56 Å². The van der Waals surface area contributed by atoms with Crippen LogP contribution in [-0.2, 0) is 6.18 Å². The molecular formula is C12H10F3N3. The molecule has 0 fully saturated rings. The van der Waals surface area contributed by atoms with E-state index in [1.54, 1.807) is 18.3 Å². The summed E-state index contributed by atoms with van der Waals surface area (Å²) in [5.41, 5.74) is 0.0445. The molecule has 2 aromatic rings. The molecule has 0 aliphatic heterocycles. The number of rotatable bonds is 2. The summed E-state index contributed by atoms with van der Waals surface area (Å²) in [5, 5.41) is 2.62. The number of anilines is 1. The van der Waals surface area contributed by atoms with Crippen LogP contribution in [-0.4, -0.2) is 17.0 Å². The van der Waals surface area contributed by atoms with Crippen LogP contribution in [0.2, 0.25) is 0 Å². The maximum atomic E-state index is 12.7. The van der Waals surface area contributed by atoms with Crippen molar-refractivity contribution in [3.63, 3.8) is 0 Å². The molecule has 0 unspecified atom stereocenters. The molecule has 0 saturated heterocycles. The highest BCUT2D eigenvalue weighted by atomic mass is 19.4. The number of pyridine rings is 2. The predicted molar refractivity (Wildman–Crippen MR) is 62.0 cm³/mol. The van der Waals surface area contributed by atoms with Gasteiger partial charge in [0, 0.05) is 25.0 Å². The van der Waals surface area contributed by atoms with Gasteiger partial charge in [0.2, 0.25) is 0 Å². The Labute approximate surface area is 102 Å². The van der Waals surface area contributed by atoms with Crippen molar-refractivity contribution in [3.05, 3.63) is 42.2 Å². The van der Waals surface area contributed by atoms with Crippen molar-refractivity contribution in [2.75, 3.05) is 12.4 Å². The van der Waals surface area contributed by atoms with Crippen LogP contribution in [0.3, 0.4) is 0 Å². The minimum absolute atomic E-state index is 0.170. The maximum Gasteiger partial charge on any atom is 0.416 e.